The van der Waals surface area contributed by atoms with Crippen LogP contribution < -0.4 is 16.2 Å². The fraction of sp³-hybridized carbons (Fsp3) is 0.833. The molecular weight excluding hydrogens is 445 g/mol. The van der Waals surface area contributed by atoms with Crippen molar-refractivity contribution in [1.82, 2.24) is 16.2 Å². The molecule has 2 aliphatic heterocycles. The number of hydrogen-bond acceptors (Lipinski definition) is 7. The molecule has 0 bridgehead atoms. The number of ether oxygens (including phenoxy) is 4. The van der Waals surface area contributed by atoms with E-state index in [4.69, 9.17) is 18.9 Å². The third-order valence-corrected chi connectivity index (χ3v) is 8.37. The van der Waals surface area contributed by atoms with Crippen molar-refractivity contribution in [3.05, 3.63) is 11.6 Å². The van der Waals surface area contributed by atoms with Gasteiger partial charge in [-0.1, -0.05) is 11.6 Å². The van der Waals surface area contributed by atoms with Crippen LogP contribution in [0, 0.1) is 5.92 Å². The molecule has 5 aliphatic rings. The van der Waals surface area contributed by atoms with E-state index in [1.54, 1.807) is 7.11 Å². The van der Waals surface area contributed by atoms with Crippen molar-refractivity contribution in [1.29, 1.82) is 0 Å². The maximum absolute atomic E-state index is 12.7. The Morgan fingerprint density at radius 2 is 1.79 bits per heavy atom. The molecular formula is C24H36FN3O6. The molecule has 34 heavy (non-hydrogen) atoms. The second-order valence-electron chi connectivity index (χ2n) is 10.7. The van der Waals surface area contributed by atoms with Crippen LogP contribution in [0.5, 0.6) is 0 Å². The second-order valence-corrected chi connectivity index (χ2v) is 10.7. The maximum atomic E-state index is 12.7. The summed E-state index contributed by atoms with van der Waals surface area (Å²) in [7, 11) is 1.67. The van der Waals surface area contributed by atoms with Crippen LogP contribution in [0.4, 0.5) is 9.28 Å². The SMILES string of the molecule is COC1C(OC(=O)NC2CCC(NC(=O)CNF)CC2)CC[C@]23OC2C2(O[C@@H]2CC=C(C)C)C13. The van der Waals surface area contributed by atoms with E-state index < -0.39 is 6.09 Å². The summed E-state index contributed by atoms with van der Waals surface area (Å²) in [4.78, 5) is 24.3. The first-order valence-electron chi connectivity index (χ1n) is 12.5. The van der Waals surface area contributed by atoms with E-state index >= 15 is 0 Å². The average Bonchev–Trinajstić information content (AvgIpc) is 3.68. The number of carbonyl (C=O) groups excluding carboxylic acids is 2. The van der Waals surface area contributed by atoms with Gasteiger partial charge in [0.1, 0.15) is 36.1 Å². The zero-order valence-corrected chi connectivity index (χ0v) is 20.1. The van der Waals surface area contributed by atoms with E-state index in [9.17, 15) is 14.1 Å². The number of alkyl carbamates (subject to hydrolysis) is 1. The lowest BCUT2D eigenvalue weighted by Crippen LogP contribution is -2.66. The summed E-state index contributed by atoms with van der Waals surface area (Å²) in [5.41, 5.74) is 2.16. The van der Waals surface area contributed by atoms with Gasteiger partial charge in [0.25, 0.3) is 0 Å². The van der Waals surface area contributed by atoms with E-state index in [1.165, 1.54) is 11.1 Å². The maximum Gasteiger partial charge on any atom is 0.407 e. The smallest absolute Gasteiger partial charge is 0.407 e. The molecule has 0 aromatic carbocycles. The van der Waals surface area contributed by atoms with Gasteiger partial charge in [0.15, 0.2) is 0 Å². The highest BCUT2D eigenvalue weighted by Gasteiger charge is 2.94. The number of epoxide rings is 2. The van der Waals surface area contributed by atoms with E-state index in [1.807, 2.05) is 0 Å². The summed E-state index contributed by atoms with van der Waals surface area (Å²) in [6.45, 7) is 3.83. The molecule has 0 aromatic heterocycles. The quantitative estimate of drug-likeness (QED) is 0.276. The fourth-order valence-electron chi connectivity index (χ4n) is 6.74. The molecule has 3 saturated carbocycles. The Balaban J connectivity index is 1.12. The highest BCUT2D eigenvalue weighted by atomic mass is 19.2. The summed E-state index contributed by atoms with van der Waals surface area (Å²) in [5, 5.41) is 5.78. The van der Waals surface area contributed by atoms with Crippen molar-refractivity contribution in [2.75, 3.05) is 13.7 Å². The van der Waals surface area contributed by atoms with Crippen LogP contribution in [0.15, 0.2) is 11.6 Å². The number of hydrogen-bond donors (Lipinski definition) is 3. The zero-order chi connectivity index (χ0) is 24.1. The molecule has 190 valence electrons. The van der Waals surface area contributed by atoms with Crippen LogP contribution in [-0.2, 0) is 23.7 Å². The molecule has 0 radical (unpaired) electrons. The van der Waals surface area contributed by atoms with Gasteiger partial charge in [-0.2, -0.15) is 0 Å². The van der Waals surface area contributed by atoms with Crippen LogP contribution in [0.3, 0.4) is 0 Å². The first-order chi connectivity index (χ1) is 16.3. The van der Waals surface area contributed by atoms with Gasteiger partial charge in [-0.3, -0.25) is 4.79 Å². The van der Waals surface area contributed by atoms with E-state index in [0.717, 1.165) is 38.5 Å². The molecule has 9 nitrogen and oxygen atoms in total. The molecule has 3 N–H and O–H groups in total. The highest BCUT2D eigenvalue weighted by molar-refractivity contribution is 5.78. The number of carbonyl (C=O) groups is 2. The molecule has 0 aromatic rings. The Hall–Kier alpha value is -1.75. The molecule has 2 amide bonds. The van der Waals surface area contributed by atoms with Gasteiger partial charge in [-0.05, 0) is 58.8 Å². The lowest BCUT2D eigenvalue weighted by Gasteiger charge is -2.48. The predicted molar refractivity (Wildman–Crippen MR) is 119 cm³/mol. The Labute approximate surface area is 199 Å². The van der Waals surface area contributed by atoms with E-state index in [2.05, 4.69) is 30.6 Å². The largest absolute Gasteiger partial charge is 0.443 e. The normalized spacial score (nSPS) is 43.6. The number of allylic oxidation sites excluding steroid dienone is 1. The first-order valence-corrected chi connectivity index (χ1v) is 12.5. The third-order valence-electron chi connectivity index (χ3n) is 8.37. The zero-order valence-electron chi connectivity index (χ0n) is 20.1. The minimum Gasteiger partial charge on any atom is -0.443 e. The average molecular weight is 482 g/mol. The van der Waals surface area contributed by atoms with Gasteiger partial charge in [-0.15, -0.1) is 10.0 Å². The number of fused-ring (bicyclic) bond motifs is 2. The number of rotatable bonds is 8. The molecule has 2 spiro atoms. The number of nitrogens with one attached hydrogen (secondary N) is 3. The molecule has 10 heteroatoms. The molecule has 5 rings (SSSR count). The second kappa shape index (κ2) is 9.04. The van der Waals surface area contributed by atoms with Crippen LogP contribution in [0.2, 0.25) is 0 Å². The van der Waals surface area contributed by atoms with Crippen molar-refractivity contribution in [3.63, 3.8) is 0 Å². The monoisotopic (exact) mass is 481 g/mol. The highest BCUT2D eigenvalue weighted by Crippen LogP contribution is 2.77. The molecule has 3 aliphatic carbocycles. The fourth-order valence-corrected chi connectivity index (χ4v) is 6.74. The number of halogens is 1. The summed E-state index contributed by atoms with van der Waals surface area (Å²) in [5.74, 6) is -0.285. The van der Waals surface area contributed by atoms with Crippen molar-refractivity contribution >= 4 is 12.0 Å². The summed E-state index contributed by atoms with van der Waals surface area (Å²) < 4.78 is 36.2. The van der Waals surface area contributed by atoms with Gasteiger partial charge in [0.05, 0.1) is 12.0 Å². The van der Waals surface area contributed by atoms with Gasteiger partial charge in [0, 0.05) is 19.2 Å². The van der Waals surface area contributed by atoms with Crippen LogP contribution in [0.1, 0.15) is 58.8 Å². The van der Waals surface area contributed by atoms with Crippen molar-refractivity contribution in [3.8, 4) is 0 Å². The third kappa shape index (κ3) is 4.02. The van der Waals surface area contributed by atoms with E-state index in [0.29, 0.717) is 6.42 Å². The van der Waals surface area contributed by atoms with E-state index in [-0.39, 0.29) is 66.1 Å². The Morgan fingerprint density at radius 3 is 2.44 bits per heavy atom. The minimum atomic E-state index is -0.434. The van der Waals surface area contributed by atoms with Crippen LogP contribution >= 0.6 is 0 Å². The first kappa shape index (κ1) is 24.0. The van der Waals surface area contributed by atoms with Crippen molar-refractivity contribution in [2.45, 2.75) is 106 Å². The Morgan fingerprint density at radius 1 is 1.09 bits per heavy atom. The predicted octanol–water partition coefficient (Wildman–Crippen LogP) is 2.05. The van der Waals surface area contributed by atoms with Gasteiger partial charge in [0.2, 0.25) is 5.91 Å². The molecule has 7 atom stereocenters. The van der Waals surface area contributed by atoms with Crippen LogP contribution in [0.25, 0.3) is 0 Å². The van der Waals surface area contributed by atoms with Crippen molar-refractivity contribution < 1.29 is 33.0 Å². The molecule has 2 heterocycles. The van der Waals surface area contributed by atoms with Crippen LogP contribution in [-0.4, -0.2) is 73.4 Å². The van der Waals surface area contributed by atoms with Gasteiger partial charge in [-0.25, -0.2) is 4.79 Å². The number of amides is 2. The standard InChI is InChI=1S/C24H36FN3O6/c1-13(2)4-9-17-24(33-17)20-19(31-3)16(10-11-23(20)21(24)34-23)32-22(30)28-15-7-5-14(6-8-15)27-18(29)12-26-25/h4,14-17,19-21,26H,5-12H2,1-3H3,(H,27,29)(H,28,30)/t14?,15?,16?,17-,19?,20?,21?,23-,24?/m1/s1. The molecule has 2 saturated heterocycles. The van der Waals surface area contributed by atoms with Gasteiger partial charge < -0.3 is 29.6 Å². The topological polar surface area (TPSA) is 114 Å². The lowest BCUT2D eigenvalue weighted by atomic mass is 9.55. The molecule has 5 fully saturated rings. The summed E-state index contributed by atoms with van der Waals surface area (Å²) >= 11 is 0. The Kier molecular flexibility index (Phi) is 6.37. The minimum absolute atomic E-state index is 0.00134. The lowest BCUT2D eigenvalue weighted by molar-refractivity contribution is -0.133. The van der Waals surface area contributed by atoms with Gasteiger partial charge >= 0.3 is 6.09 Å². The molecule has 5 unspecified atom stereocenters. The number of methoxy groups -OCH3 is 1. The van der Waals surface area contributed by atoms with Crippen molar-refractivity contribution in [2.24, 2.45) is 5.92 Å². The summed E-state index contributed by atoms with van der Waals surface area (Å²) in [6, 6.07) is -0.0104. The summed E-state index contributed by atoms with van der Waals surface area (Å²) in [6.07, 6.45) is 6.76. The Bertz CT molecular complexity index is 845.